The number of guanidine groups is 1. The highest BCUT2D eigenvalue weighted by atomic mass is 127. The highest BCUT2D eigenvalue weighted by Crippen LogP contribution is 2.18. The van der Waals surface area contributed by atoms with Gasteiger partial charge in [-0.05, 0) is 46.5 Å². The number of aromatic nitrogens is 2. The van der Waals surface area contributed by atoms with E-state index in [0.29, 0.717) is 5.89 Å². The van der Waals surface area contributed by atoms with Crippen molar-refractivity contribution in [3.8, 4) is 11.5 Å². The Hall–Kier alpha value is -1.94. The molecule has 144 valence electrons. The van der Waals surface area contributed by atoms with E-state index in [2.05, 4.69) is 54.7 Å². The normalized spacial score (nSPS) is 11.1. The lowest BCUT2D eigenvalue weighted by molar-refractivity contribution is 0.423. The van der Waals surface area contributed by atoms with Crippen LogP contribution in [0.5, 0.6) is 0 Å². The number of hydrogen-bond donors (Lipinski definition) is 2. The van der Waals surface area contributed by atoms with Crippen LogP contribution in [0.1, 0.15) is 23.9 Å². The molecule has 0 unspecified atom stereocenters. The SMILES string of the molecule is CCc1noc(-c2ccc(CCNC(=NC)NCc3ccsc3)cc2)n1.I. The van der Waals surface area contributed by atoms with Gasteiger partial charge in [-0.15, -0.1) is 24.0 Å². The lowest BCUT2D eigenvalue weighted by atomic mass is 10.1. The minimum atomic E-state index is 0. The first-order chi connectivity index (χ1) is 12.8. The molecule has 8 heteroatoms. The average Bonchev–Trinajstić information content (AvgIpc) is 3.36. The number of benzene rings is 1. The second-order valence-corrected chi connectivity index (χ2v) is 6.58. The number of aryl methyl sites for hydroxylation is 1. The maximum atomic E-state index is 5.27. The van der Waals surface area contributed by atoms with Gasteiger partial charge in [-0.3, -0.25) is 4.99 Å². The fraction of sp³-hybridized carbons (Fsp3) is 0.316. The molecule has 0 aliphatic carbocycles. The molecule has 0 fully saturated rings. The van der Waals surface area contributed by atoms with Gasteiger partial charge in [0.15, 0.2) is 11.8 Å². The van der Waals surface area contributed by atoms with Crippen molar-refractivity contribution in [2.75, 3.05) is 13.6 Å². The van der Waals surface area contributed by atoms with Gasteiger partial charge in [-0.25, -0.2) is 0 Å². The van der Waals surface area contributed by atoms with Crippen LogP contribution >= 0.6 is 35.3 Å². The largest absolute Gasteiger partial charge is 0.356 e. The number of nitrogens with one attached hydrogen (secondary N) is 2. The quantitative estimate of drug-likeness (QED) is 0.295. The average molecular weight is 497 g/mol. The van der Waals surface area contributed by atoms with E-state index in [0.717, 1.165) is 43.3 Å². The van der Waals surface area contributed by atoms with Gasteiger partial charge in [-0.1, -0.05) is 24.2 Å². The molecule has 2 aromatic heterocycles. The van der Waals surface area contributed by atoms with E-state index in [-0.39, 0.29) is 24.0 Å². The van der Waals surface area contributed by atoms with E-state index in [1.807, 2.05) is 19.1 Å². The number of aliphatic imine (C=N–C) groups is 1. The monoisotopic (exact) mass is 497 g/mol. The second-order valence-electron chi connectivity index (χ2n) is 5.80. The van der Waals surface area contributed by atoms with Crippen molar-refractivity contribution in [3.63, 3.8) is 0 Å². The van der Waals surface area contributed by atoms with Crippen LogP contribution in [0.3, 0.4) is 0 Å². The Kier molecular flexibility index (Phi) is 8.73. The van der Waals surface area contributed by atoms with Crippen LogP contribution < -0.4 is 10.6 Å². The van der Waals surface area contributed by atoms with Crippen molar-refractivity contribution in [2.24, 2.45) is 4.99 Å². The van der Waals surface area contributed by atoms with Gasteiger partial charge < -0.3 is 15.2 Å². The van der Waals surface area contributed by atoms with Gasteiger partial charge in [0.2, 0.25) is 0 Å². The van der Waals surface area contributed by atoms with Crippen LogP contribution in [-0.2, 0) is 19.4 Å². The lowest BCUT2D eigenvalue weighted by Crippen LogP contribution is -2.37. The zero-order valence-electron chi connectivity index (χ0n) is 15.4. The first-order valence-corrected chi connectivity index (χ1v) is 9.60. The Labute approximate surface area is 180 Å². The highest BCUT2D eigenvalue weighted by Gasteiger charge is 2.07. The molecule has 0 saturated heterocycles. The zero-order chi connectivity index (χ0) is 18.2. The van der Waals surface area contributed by atoms with Gasteiger partial charge in [0, 0.05) is 32.1 Å². The molecule has 1 aromatic carbocycles. The van der Waals surface area contributed by atoms with Gasteiger partial charge in [0.1, 0.15) is 0 Å². The zero-order valence-corrected chi connectivity index (χ0v) is 18.6. The van der Waals surface area contributed by atoms with Gasteiger partial charge in [0.25, 0.3) is 5.89 Å². The van der Waals surface area contributed by atoms with Crippen LogP contribution in [-0.4, -0.2) is 29.7 Å². The highest BCUT2D eigenvalue weighted by molar-refractivity contribution is 14.0. The Bertz CT molecular complexity index is 830. The minimum Gasteiger partial charge on any atom is -0.356 e. The predicted molar refractivity (Wildman–Crippen MR) is 121 cm³/mol. The van der Waals surface area contributed by atoms with E-state index in [1.54, 1.807) is 18.4 Å². The van der Waals surface area contributed by atoms with Crippen molar-refractivity contribution < 1.29 is 4.52 Å². The maximum absolute atomic E-state index is 5.27. The molecule has 0 atom stereocenters. The van der Waals surface area contributed by atoms with Crippen LogP contribution in [0.2, 0.25) is 0 Å². The molecular formula is C19H24IN5OS. The summed E-state index contributed by atoms with van der Waals surface area (Å²) < 4.78 is 5.27. The Morgan fingerprint density at radius 2 is 1.96 bits per heavy atom. The standard InChI is InChI=1S/C19H23N5OS.HI/c1-3-17-23-18(25-24-17)16-6-4-14(5-7-16)8-10-21-19(20-2)22-12-15-9-11-26-13-15;/h4-7,9,11,13H,3,8,10,12H2,1-2H3,(H2,20,21,22);1H. The smallest absolute Gasteiger partial charge is 0.257 e. The Morgan fingerprint density at radius 3 is 2.59 bits per heavy atom. The van der Waals surface area contributed by atoms with Gasteiger partial charge in [0.05, 0.1) is 0 Å². The van der Waals surface area contributed by atoms with Crippen LogP contribution in [0.4, 0.5) is 0 Å². The molecular weight excluding hydrogens is 473 g/mol. The summed E-state index contributed by atoms with van der Waals surface area (Å²) in [4.78, 5) is 8.61. The van der Waals surface area contributed by atoms with Gasteiger partial charge >= 0.3 is 0 Å². The summed E-state index contributed by atoms with van der Waals surface area (Å²) in [5, 5.41) is 14.8. The van der Waals surface area contributed by atoms with E-state index in [9.17, 15) is 0 Å². The van der Waals surface area contributed by atoms with Crippen molar-refractivity contribution in [1.29, 1.82) is 0 Å². The third kappa shape index (κ3) is 6.31. The molecule has 27 heavy (non-hydrogen) atoms. The molecule has 2 N–H and O–H groups in total. The molecule has 3 aromatic rings. The Morgan fingerprint density at radius 1 is 1.15 bits per heavy atom. The summed E-state index contributed by atoms with van der Waals surface area (Å²) in [6.07, 6.45) is 1.68. The number of hydrogen-bond acceptors (Lipinski definition) is 5. The third-order valence-electron chi connectivity index (χ3n) is 3.95. The first-order valence-electron chi connectivity index (χ1n) is 8.66. The summed E-state index contributed by atoms with van der Waals surface area (Å²) in [6.45, 7) is 3.60. The minimum absolute atomic E-state index is 0. The molecule has 0 radical (unpaired) electrons. The number of halogens is 1. The third-order valence-corrected chi connectivity index (χ3v) is 4.69. The molecule has 0 aliphatic heterocycles. The van der Waals surface area contributed by atoms with E-state index in [4.69, 9.17) is 4.52 Å². The number of thiophene rings is 1. The second kappa shape index (κ2) is 11.0. The van der Waals surface area contributed by atoms with E-state index in [1.165, 1.54) is 11.1 Å². The molecule has 0 bridgehead atoms. The molecule has 0 aliphatic rings. The topological polar surface area (TPSA) is 75.3 Å². The summed E-state index contributed by atoms with van der Waals surface area (Å²) in [6, 6.07) is 10.3. The van der Waals surface area contributed by atoms with E-state index < -0.39 is 0 Å². The summed E-state index contributed by atoms with van der Waals surface area (Å²) in [5.41, 5.74) is 3.45. The molecule has 6 nitrogen and oxygen atoms in total. The predicted octanol–water partition coefficient (Wildman–Crippen LogP) is 3.89. The van der Waals surface area contributed by atoms with Gasteiger partial charge in [-0.2, -0.15) is 16.3 Å². The van der Waals surface area contributed by atoms with Crippen LogP contribution in [0.15, 0.2) is 50.6 Å². The molecule has 0 amide bonds. The van der Waals surface area contributed by atoms with Crippen LogP contribution in [0, 0.1) is 0 Å². The van der Waals surface area contributed by atoms with Crippen molar-refractivity contribution >= 4 is 41.3 Å². The maximum Gasteiger partial charge on any atom is 0.257 e. The van der Waals surface area contributed by atoms with Crippen molar-refractivity contribution in [1.82, 2.24) is 20.8 Å². The fourth-order valence-corrected chi connectivity index (χ4v) is 3.12. The summed E-state index contributed by atoms with van der Waals surface area (Å²) in [5.74, 6) is 2.12. The number of nitrogens with zero attached hydrogens (tertiary/aromatic N) is 3. The lowest BCUT2D eigenvalue weighted by Gasteiger charge is -2.11. The molecule has 0 spiro atoms. The first kappa shape index (κ1) is 21.4. The van der Waals surface area contributed by atoms with Crippen LogP contribution in [0.25, 0.3) is 11.5 Å². The van der Waals surface area contributed by atoms with Crippen molar-refractivity contribution in [2.45, 2.75) is 26.3 Å². The van der Waals surface area contributed by atoms with Crippen molar-refractivity contribution in [3.05, 3.63) is 58.0 Å². The summed E-state index contributed by atoms with van der Waals surface area (Å²) in [7, 11) is 1.78. The van der Waals surface area contributed by atoms with E-state index >= 15 is 0 Å². The molecule has 3 rings (SSSR count). The fourth-order valence-electron chi connectivity index (χ4n) is 2.45. The summed E-state index contributed by atoms with van der Waals surface area (Å²) >= 11 is 1.70. The number of rotatable bonds is 7. The Balaban J connectivity index is 0.00000261. The molecule has 2 heterocycles. The molecule has 0 saturated carbocycles.